The van der Waals surface area contributed by atoms with Gasteiger partial charge in [0, 0.05) is 18.9 Å². The second-order valence-electron chi connectivity index (χ2n) is 4.11. The van der Waals surface area contributed by atoms with Gasteiger partial charge >= 0.3 is 36.0 Å². The van der Waals surface area contributed by atoms with Gasteiger partial charge in [-0.05, 0) is 0 Å². The van der Waals surface area contributed by atoms with E-state index in [0.717, 1.165) is 0 Å². The van der Waals surface area contributed by atoms with Crippen LogP contribution < -0.4 is 0 Å². The van der Waals surface area contributed by atoms with Gasteiger partial charge < -0.3 is 4.74 Å². The molecule has 0 amide bonds. The standard InChI is InChI=1S/C10H7F11O2/c1-2-5(22)23-10(20,21)9(18,19)8(16,17)6(11,12)3-4-7(13,14)15/h2H,1,3-4H2. The smallest absolute Gasteiger partial charge is 0.393 e. The van der Waals surface area contributed by atoms with Crippen molar-refractivity contribution in [3.8, 4) is 0 Å². The highest BCUT2D eigenvalue weighted by Crippen LogP contribution is 2.54. The van der Waals surface area contributed by atoms with Crippen LogP contribution in [0, 0.1) is 0 Å². The Morgan fingerprint density at radius 1 is 0.826 bits per heavy atom. The van der Waals surface area contributed by atoms with Crippen LogP contribution in [0.4, 0.5) is 48.3 Å². The maximum Gasteiger partial charge on any atom is 0.473 e. The number of rotatable bonds is 7. The fourth-order valence-corrected chi connectivity index (χ4v) is 1.10. The van der Waals surface area contributed by atoms with E-state index in [4.69, 9.17) is 0 Å². The highest BCUT2D eigenvalue weighted by atomic mass is 19.4. The van der Waals surface area contributed by atoms with Crippen LogP contribution in [-0.4, -0.2) is 36.0 Å². The van der Waals surface area contributed by atoms with Crippen LogP contribution in [0.1, 0.15) is 12.8 Å². The molecule has 0 bridgehead atoms. The van der Waals surface area contributed by atoms with Gasteiger partial charge in [-0.2, -0.15) is 48.3 Å². The normalized spacial score (nSPS) is 14.6. The van der Waals surface area contributed by atoms with Gasteiger partial charge in [-0.15, -0.1) is 0 Å². The van der Waals surface area contributed by atoms with Crippen molar-refractivity contribution in [2.45, 2.75) is 42.9 Å². The predicted molar refractivity (Wildman–Crippen MR) is 51.4 cm³/mol. The molecule has 0 aromatic carbocycles. The number of alkyl halides is 11. The van der Waals surface area contributed by atoms with E-state index in [1.807, 2.05) is 0 Å². The number of hydrogen-bond donors (Lipinski definition) is 0. The van der Waals surface area contributed by atoms with Crippen LogP contribution in [0.5, 0.6) is 0 Å². The van der Waals surface area contributed by atoms with Gasteiger partial charge in [-0.3, -0.25) is 0 Å². The fourth-order valence-electron chi connectivity index (χ4n) is 1.10. The molecule has 0 unspecified atom stereocenters. The van der Waals surface area contributed by atoms with E-state index in [-0.39, 0.29) is 6.08 Å². The second-order valence-corrected chi connectivity index (χ2v) is 4.11. The van der Waals surface area contributed by atoms with Gasteiger partial charge in [0.15, 0.2) is 0 Å². The molecule has 0 aromatic rings. The van der Waals surface area contributed by atoms with E-state index >= 15 is 0 Å². The summed E-state index contributed by atoms with van der Waals surface area (Å²) in [6.45, 7) is 2.48. The lowest BCUT2D eigenvalue weighted by molar-refractivity contribution is -0.417. The Balaban J connectivity index is 5.58. The monoisotopic (exact) mass is 368 g/mol. The molecule has 13 heteroatoms. The molecule has 0 spiro atoms. The van der Waals surface area contributed by atoms with Crippen LogP contribution in [0.25, 0.3) is 0 Å². The summed E-state index contributed by atoms with van der Waals surface area (Å²) in [6, 6.07) is 0. The molecule has 0 aliphatic rings. The van der Waals surface area contributed by atoms with Crippen LogP contribution in [0.15, 0.2) is 12.7 Å². The molecule has 0 heterocycles. The second kappa shape index (κ2) is 6.15. The Hall–Kier alpha value is -1.56. The molecule has 0 atom stereocenters. The summed E-state index contributed by atoms with van der Waals surface area (Å²) in [5.74, 6) is -22.5. The molecule has 23 heavy (non-hydrogen) atoms. The quantitative estimate of drug-likeness (QED) is 0.374. The lowest BCUT2D eigenvalue weighted by atomic mass is 9.99. The molecule has 0 radical (unpaired) electrons. The molecule has 0 saturated carbocycles. The molecule has 136 valence electrons. The van der Waals surface area contributed by atoms with E-state index in [9.17, 15) is 53.1 Å². The third-order valence-electron chi connectivity index (χ3n) is 2.34. The van der Waals surface area contributed by atoms with Gasteiger partial charge in [0.2, 0.25) is 0 Å². The fraction of sp³-hybridized carbons (Fsp3) is 0.700. The Kier molecular flexibility index (Phi) is 5.73. The molecule has 0 aliphatic heterocycles. The predicted octanol–water partition coefficient (Wildman–Crippen LogP) is 4.56. The zero-order valence-corrected chi connectivity index (χ0v) is 10.7. The minimum atomic E-state index is -6.99. The van der Waals surface area contributed by atoms with Gasteiger partial charge in [0.05, 0.1) is 0 Å². The zero-order valence-electron chi connectivity index (χ0n) is 10.7. The van der Waals surface area contributed by atoms with Crippen molar-refractivity contribution in [3.05, 3.63) is 12.7 Å². The first-order chi connectivity index (χ1) is 9.91. The van der Waals surface area contributed by atoms with Crippen LogP contribution >= 0.6 is 0 Å². The Morgan fingerprint density at radius 3 is 1.61 bits per heavy atom. The minimum Gasteiger partial charge on any atom is -0.393 e. The van der Waals surface area contributed by atoms with Gasteiger partial charge in [-0.25, -0.2) is 4.79 Å². The summed E-state index contributed by atoms with van der Waals surface area (Å²) < 4.78 is 142. The molecule has 0 fully saturated rings. The first kappa shape index (κ1) is 21.4. The van der Waals surface area contributed by atoms with Gasteiger partial charge in [0.1, 0.15) is 0 Å². The molecule has 0 N–H and O–H groups in total. The molecular formula is C10H7F11O2. The summed E-state index contributed by atoms with van der Waals surface area (Å²) >= 11 is 0. The number of carbonyl (C=O) groups is 1. The maximum absolute atomic E-state index is 13.0. The molecular weight excluding hydrogens is 361 g/mol. The average Bonchev–Trinajstić information content (AvgIpc) is 2.34. The third kappa shape index (κ3) is 4.47. The van der Waals surface area contributed by atoms with Crippen molar-refractivity contribution in [3.63, 3.8) is 0 Å². The number of esters is 1. The van der Waals surface area contributed by atoms with Crippen molar-refractivity contribution in [1.82, 2.24) is 0 Å². The first-order valence-electron chi connectivity index (χ1n) is 5.35. The number of carbonyl (C=O) groups excluding carboxylic acids is 1. The van der Waals surface area contributed by atoms with E-state index < -0.39 is 48.9 Å². The Bertz CT molecular complexity index is 452. The van der Waals surface area contributed by atoms with E-state index in [1.165, 1.54) is 0 Å². The molecule has 0 saturated heterocycles. The Labute approximate surface area is 120 Å². The van der Waals surface area contributed by atoms with Crippen LogP contribution in [0.3, 0.4) is 0 Å². The zero-order chi connectivity index (χ0) is 18.9. The minimum absolute atomic E-state index is 0.149. The van der Waals surface area contributed by atoms with E-state index in [1.54, 1.807) is 0 Å². The largest absolute Gasteiger partial charge is 0.473 e. The van der Waals surface area contributed by atoms with Gasteiger partial charge in [-0.1, -0.05) is 6.58 Å². The average molecular weight is 368 g/mol. The Morgan fingerprint density at radius 2 is 1.26 bits per heavy atom. The van der Waals surface area contributed by atoms with Crippen molar-refractivity contribution < 1.29 is 57.8 Å². The summed E-state index contributed by atoms with van der Waals surface area (Å²) in [7, 11) is 0. The lowest BCUT2D eigenvalue weighted by Gasteiger charge is -2.35. The number of ether oxygens (including phenoxy) is 1. The number of hydrogen-bond acceptors (Lipinski definition) is 2. The highest BCUT2D eigenvalue weighted by Gasteiger charge is 2.82. The molecule has 0 aliphatic carbocycles. The molecule has 0 rings (SSSR count). The number of halogens is 11. The van der Waals surface area contributed by atoms with Crippen molar-refractivity contribution in [1.29, 1.82) is 0 Å². The topological polar surface area (TPSA) is 26.3 Å². The molecule has 2 nitrogen and oxygen atoms in total. The van der Waals surface area contributed by atoms with Crippen LogP contribution in [-0.2, 0) is 9.53 Å². The SMILES string of the molecule is C=CC(=O)OC(F)(F)C(F)(F)C(F)(F)C(F)(F)CCC(F)(F)F. The molecule has 0 aromatic heterocycles. The van der Waals surface area contributed by atoms with Crippen molar-refractivity contribution in [2.75, 3.05) is 0 Å². The third-order valence-corrected chi connectivity index (χ3v) is 2.34. The van der Waals surface area contributed by atoms with Crippen molar-refractivity contribution >= 4 is 5.97 Å². The first-order valence-corrected chi connectivity index (χ1v) is 5.35. The summed E-state index contributed by atoms with van der Waals surface area (Å²) in [5.41, 5.74) is 0. The maximum atomic E-state index is 13.0. The van der Waals surface area contributed by atoms with Gasteiger partial charge in [0.25, 0.3) is 0 Å². The van der Waals surface area contributed by atoms with E-state index in [0.29, 0.717) is 0 Å². The lowest BCUT2D eigenvalue weighted by Crippen LogP contribution is -2.63. The van der Waals surface area contributed by atoms with Crippen molar-refractivity contribution in [2.24, 2.45) is 0 Å². The van der Waals surface area contributed by atoms with E-state index in [2.05, 4.69) is 11.3 Å². The summed E-state index contributed by atoms with van der Waals surface area (Å²) in [6.07, 6.45) is -17.5. The summed E-state index contributed by atoms with van der Waals surface area (Å²) in [4.78, 5) is 10.4. The highest BCUT2D eigenvalue weighted by molar-refractivity contribution is 5.81. The summed E-state index contributed by atoms with van der Waals surface area (Å²) in [5, 5.41) is 0. The van der Waals surface area contributed by atoms with Crippen LogP contribution in [0.2, 0.25) is 0 Å².